The number of aliphatic carboxylic acids is 1. The fourth-order valence-electron chi connectivity index (χ4n) is 1.15. The van der Waals surface area contributed by atoms with Gasteiger partial charge in [-0.2, -0.15) is 12.7 Å². The summed E-state index contributed by atoms with van der Waals surface area (Å²) >= 11 is 1.45. The minimum atomic E-state index is -3.61. The van der Waals surface area contributed by atoms with E-state index in [0.29, 0.717) is 6.42 Å². The maximum atomic E-state index is 11.7. The van der Waals surface area contributed by atoms with Crippen molar-refractivity contribution >= 4 is 27.5 Å². The van der Waals surface area contributed by atoms with E-state index in [2.05, 4.69) is 9.71 Å². The normalized spacial score (nSPS) is 11.9. The van der Waals surface area contributed by atoms with E-state index in [1.54, 1.807) is 5.51 Å². The summed E-state index contributed by atoms with van der Waals surface area (Å²) in [5, 5.41) is 10.3. The van der Waals surface area contributed by atoms with Crippen molar-refractivity contribution in [1.82, 2.24) is 14.0 Å². The molecule has 0 radical (unpaired) electrons. The molecule has 0 spiro atoms. The fourth-order valence-corrected chi connectivity index (χ4v) is 2.66. The molecule has 0 aliphatic rings. The number of rotatable bonds is 8. The molecular weight excluding hydrogens is 278 g/mol. The number of nitrogens with zero attached hydrogens (tertiary/aromatic N) is 2. The summed E-state index contributed by atoms with van der Waals surface area (Å²) in [6.45, 7) is 0.185. The number of nitrogens with one attached hydrogen (secondary N) is 1. The van der Waals surface area contributed by atoms with Gasteiger partial charge in [-0.1, -0.05) is 0 Å². The number of aromatic nitrogens is 1. The fraction of sp³-hybridized carbons (Fsp3) is 0.556. The van der Waals surface area contributed by atoms with Crippen LogP contribution in [0.25, 0.3) is 0 Å². The molecular formula is C9H15N3O4S2. The molecule has 0 atom stereocenters. The molecule has 9 heteroatoms. The van der Waals surface area contributed by atoms with Crippen molar-refractivity contribution in [1.29, 1.82) is 0 Å². The lowest BCUT2D eigenvalue weighted by Crippen LogP contribution is -2.40. The molecule has 0 fully saturated rings. The standard InChI is InChI=1S/C9H15N3O4S2/c1-12(5-3-9(13)14)18(15,16)11-4-2-8-6-17-7-10-8/h6-7,11H,2-5H2,1H3,(H,13,14). The van der Waals surface area contributed by atoms with Crippen LogP contribution in [0, 0.1) is 0 Å². The minimum Gasteiger partial charge on any atom is -0.481 e. The highest BCUT2D eigenvalue weighted by atomic mass is 32.2. The first-order valence-electron chi connectivity index (χ1n) is 5.21. The zero-order valence-electron chi connectivity index (χ0n) is 9.87. The summed E-state index contributed by atoms with van der Waals surface area (Å²) < 4.78 is 26.7. The Bertz CT molecular complexity index is 472. The van der Waals surface area contributed by atoms with Gasteiger partial charge in [0.25, 0.3) is 10.2 Å². The summed E-state index contributed by atoms with van der Waals surface area (Å²) in [6.07, 6.45) is 0.291. The van der Waals surface area contributed by atoms with Crippen LogP contribution in [0.3, 0.4) is 0 Å². The van der Waals surface area contributed by atoms with Crippen LogP contribution in [0.2, 0.25) is 0 Å². The predicted octanol–water partition coefficient (Wildman–Crippen LogP) is -0.0735. The van der Waals surface area contributed by atoms with Gasteiger partial charge in [0.15, 0.2) is 0 Å². The topological polar surface area (TPSA) is 99.6 Å². The number of hydrogen-bond acceptors (Lipinski definition) is 5. The van der Waals surface area contributed by atoms with E-state index in [1.807, 2.05) is 5.38 Å². The highest BCUT2D eigenvalue weighted by Gasteiger charge is 2.17. The molecule has 7 nitrogen and oxygen atoms in total. The van der Waals surface area contributed by atoms with Crippen LogP contribution in [0.1, 0.15) is 12.1 Å². The lowest BCUT2D eigenvalue weighted by molar-refractivity contribution is -0.137. The Hall–Kier alpha value is -1.03. The first kappa shape index (κ1) is 15.0. The minimum absolute atomic E-state index is 0.0542. The quantitative estimate of drug-likeness (QED) is 0.698. The molecule has 1 rings (SSSR count). The van der Waals surface area contributed by atoms with Crippen molar-refractivity contribution in [3.05, 3.63) is 16.6 Å². The third kappa shape index (κ3) is 5.08. The summed E-state index contributed by atoms with van der Waals surface area (Å²) in [5.41, 5.74) is 2.51. The molecule has 18 heavy (non-hydrogen) atoms. The van der Waals surface area contributed by atoms with Gasteiger partial charge in [0.2, 0.25) is 0 Å². The van der Waals surface area contributed by atoms with E-state index in [9.17, 15) is 13.2 Å². The molecule has 0 aliphatic carbocycles. The SMILES string of the molecule is CN(CCC(=O)O)S(=O)(=O)NCCc1cscn1. The van der Waals surface area contributed by atoms with Gasteiger partial charge in [-0.15, -0.1) is 11.3 Å². The third-order valence-corrected chi connectivity index (χ3v) is 4.41. The van der Waals surface area contributed by atoms with Gasteiger partial charge in [-0.25, -0.2) is 9.71 Å². The predicted molar refractivity (Wildman–Crippen MR) is 67.6 cm³/mol. The smallest absolute Gasteiger partial charge is 0.304 e. The van der Waals surface area contributed by atoms with Gasteiger partial charge in [0, 0.05) is 31.9 Å². The maximum Gasteiger partial charge on any atom is 0.304 e. The molecule has 0 saturated heterocycles. The van der Waals surface area contributed by atoms with Crippen LogP contribution in [0.5, 0.6) is 0 Å². The lowest BCUT2D eigenvalue weighted by atomic mass is 10.3. The monoisotopic (exact) mass is 293 g/mol. The molecule has 0 bridgehead atoms. The zero-order chi connectivity index (χ0) is 13.6. The highest BCUT2D eigenvalue weighted by molar-refractivity contribution is 7.87. The Labute approximate surface area is 110 Å². The van der Waals surface area contributed by atoms with Gasteiger partial charge >= 0.3 is 5.97 Å². The average Bonchev–Trinajstić information content (AvgIpc) is 2.78. The van der Waals surface area contributed by atoms with Crippen LogP contribution >= 0.6 is 11.3 Å². The summed E-state index contributed by atoms with van der Waals surface area (Å²) in [6, 6.07) is 0. The zero-order valence-corrected chi connectivity index (χ0v) is 11.5. The van der Waals surface area contributed by atoms with Crippen molar-refractivity contribution < 1.29 is 18.3 Å². The maximum absolute atomic E-state index is 11.7. The number of carbonyl (C=O) groups is 1. The van der Waals surface area contributed by atoms with Gasteiger partial charge in [-0.05, 0) is 0 Å². The molecule has 1 aromatic heterocycles. The van der Waals surface area contributed by atoms with E-state index in [0.717, 1.165) is 10.00 Å². The van der Waals surface area contributed by atoms with E-state index in [4.69, 9.17) is 5.11 Å². The Morgan fingerprint density at radius 1 is 1.61 bits per heavy atom. The van der Waals surface area contributed by atoms with Gasteiger partial charge < -0.3 is 5.11 Å². The van der Waals surface area contributed by atoms with E-state index >= 15 is 0 Å². The summed E-state index contributed by atoms with van der Waals surface area (Å²) in [5.74, 6) is -1.03. The van der Waals surface area contributed by atoms with Crippen LogP contribution in [-0.4, -0.2) is 48.9 Å². The second-order valence-corrected chi connectivity index (χ2v) is 6.18. The summed E-state index contributed by atoms with van der Waals surface area (Å²) in [7, 11) is -2.27. The largest absolute Gasteiger partial charge is 0.481 e. The number of carboxylic acids is 1. The van der Waals surface area contributed by atoms with Crippen molar-refractivity contribution in [3.8, 4) is 0 Å². The molecule has 0 saturated carbocycles. The van der Waals surface area contributed by atoms with Crippen LogP contribution in [0.4, 0.5) is 0 Å². The molecule has 2 N–H and O–H groups in total. The second-order valence-electron chi connectivity index (χ2n) is 3.59. The molecule has 1 heterocycles. The number of thiazole rings is 1. The molecule has 102 valence electrons. The Morgan fingerprint density at radius 3 is 2.89 bits per heavy atom. The second kappa shape index (κ2) is 6.78. The van der Waals surface area contributed by atoms with E-state index < -0.39 is 16.2 Å². The first-order valence-corrected chi connectivity index (χ1v) is 7.60. The van der Waals surface area contributed by atoms with Crippen molar-refractivity contribution in [2.24, 2.45) is 0 Å². The molecule has 0 aromatic carbocycles. The molecule has 0 amide bonds. The Balaban J connectivity index is 2.36. The molecule has 0 unspecified atom stereocenters. The van der Waals surface area contributed by atoms with Crippen molar-refractivity contribution in [2.75, 3.05) is 20.1 Å². The third-order valence-electron chi connectivity index (χ3n) is 2.20. The highest BCUT2D eigenvalue weighted by Crippen LogP contribution is 2.02. The van der Waals surface area contributed by atoms with Crippen LogP contribution in [0.15, 0.2) is 10.9 Å². The van der Waals surface area contributed by atoms with E-state index in [-0.39, 0.29) is 19.5 Å². The number of hydrogen-bond donors (Lipinski definition) is 2. The summed E-state index contributed by atoms with van der Waals surface area (Å²) in [4.78, 5) is 14.4. The van der Waals surface area contributed by atoms with Gasteiger partial charge in [-0.3, -0.25) is 4.79 Å². The van der Waals surface area contributed by atoms with Crippen molar-refractivity contribution in [3.63, 3.8) is 0 Å². The first-order chi connectivity index (χ1) is 8.42. The van der Waals surface area contributed by atoms with E-state index in [1.165, 1.54) is 18.4 Å². The Kier molecular flexibility index (Phi) is 5.66. The van der Waals surface area contributed by atoms with Crippen LogP contribution < -0.4 is 4.72 Å². The van der Waals surface area contributed by atoms with Crippen LogP contribution in [-0.2, 0) is 21.4 Å². The van der Waals surface area contributed by atoms with Crippen molar-refractivity contribution in [2.45, 2.75) is 12.8 Å². The number of carboxylic acid groups (broad SMARTS) is 1. The lowest BCUT2D eigenvalue weighted by Gasteiger charge is -2.16. The molecule has 0 aliphatic heterocycles. The van der Waals surface area contributed by atoms with Gasteiger partial charge in [0.05, 0.1) is 17.6 Å². The Morgan fingerprint density at radius 2 is 2.33 bits per heavy atom. The van der Waals surface area contributed by atoms with Gasteiger partial charge in [0.1, 0.15) is 0 Å². The average molecular weight is 293 g/mol. The molecule has 1 aromatic rings.